The number of nitrogens with zero attached hydrogens (tertiary/aromatic N) is 3. The first kappa shape index (κ1) is 25.4. The first-order valence-electron chi connectivity index (χ1n) is 9.89. The van der Waals surface area contributed by atoms with Gasteiger partial charge in [0, 0.05) is 18.5 Å². The van der Waals surface area contributed by atoms with E-state index >= 15 is 0 Å². The molecule has 3 aromatic rings. The average Bonchev–Trinajstić information content (AvgIpc) is 2.74. The van der Waals surface area contributed by atoms with Crippen molar-refractivity contribution >= 4 is 59.4 Å². The number of hydrogen-bond acceptors (Lipinski definition) is 5. The van der Waals surface area contributed by atoms with Crippen molar-refractivity contribution in [3.63, 3.8) is 0 Å². The van der Waals surface area contributed by atoms with Crippen molar-refractivity contribution in [2.45, 2.75) is 12.8 Å². The second kappa shape index (κ2) is 11.8. The van der Waals surface area contributed by atoms with Gasteiger partial charge in [-0.3, -0.25) is 0 Å². The maximum atomic E-state index is 6.36. The van der Waals surface area contributed by atoms with Gasteiger partial charge in [0.25, 0.3) is 0 Å². The topological polar surface area (TPSA) is 47.5 Å². The van der Waals surface area contributed by atoms with Crippen molar-refractivity contribution in [1.29, 1.82) is 0 Å². The van der Waals surface area contributed by atoms with Gasteiger partial charge in [0.1, 0.15) is 11.5 Å². The van der Waals surface area contributed by atoms with E-state index in [4.69, 9.17) is 26.1 Å². The summed E-state index contributed by atoms with van der Waals surface area (Å²) in [4.78, 5) is 11.3. The van der Waals surface area contributed by atoms with E-state index in [1.165, 1.54) is 0 Å². The first-order valence-corrected chi connectivity index (χ1v) is 12.6. The van der Waals surface area contributed by atoms with Crippen molar-refractivity contribution in [3.05, 3.63) is 66.4 Å². The number of halogens is 4. The van der Waals surface area contributed by atoms with Crippen LogP contribution >= 0.6 is 59.4 Å². The second-order valence-electron chi connectivity index (χ2n) is 7.41. The van der Waals surface area contributed by atoms with Crippen LogP contribution in [0.3, 0.4) is 0 Å². The molecule has 0 atom stereocenters. The Balaban J connectivity index is 1.82. The van der Waals surface area contributed by atoms with Crippen LogP contribution in [-0.4, -0.2) is 49.2 Å². The Morgan fingerprint density at radius 1 is 1.03 bits per heavy atom. The van der Waals surface area contributed by atoms with Gasteiger partial charge >= 0.3 is 0 Å². The minimum Gasteiger partial charge on any atom is -0.496 e. The molecule has 0 aliphatic heterocycles. The normalized spacial score (nSPS) is 11.1. The van der Waals surface area contributed by atoms with E-state index < -0.39 is 0 Å². The summed E-state index contributed by atoms with van der Waals surface area (Å²) in [6, 6.07) is 9.87. The van der Waals surface area contributed by atoms with Gasteiger partial charge in [-0.15, -0.1) is 0 Å². The summed E-state index contributed by atoms with van der Waals surface area (Å²) in [5.74, 6) is 1.55. The van der Waals surface area contributed by atoms with E-state index in [1.807, 2.05) is 30.3 Å². The second-order valence-corrected chi connectivity index (χ2v) is 10.3. The van der Waals surface area contributed by atoms with Crippen LogP contribution in [0.2, 0.25) is 5.15 Å². The minimum absolute atomic E-state index is 0.389. The monoisotopic (exact) mass is 645 g/mol. The van der Waals surface area contributed by atoms with Crippen LogP contribution < -0.4 is 9.47 Å². The number of aromatic nitrogens is 2. The Labute approximate surface area is 218 Å². The lowest BCUT2D eigenvalue weighted by Crippen LogP contribution is -2.15. The first-order chi connectivity index (χ1) is 15.3. The van der Waals surface area contributed by atoms with Crippen molar-refractivity contribution in [2.75, 3.05) is 34.4 Å². The fraction of sp³-hybridized carbons (Fsp3) is 0.304. The highest BCUT2D eigenvalue weighted by molar-refractivity contribution is 9.11. The summed E-state index contributed by atoms with van der Waals surface area (Å²) in [6.45, 7) is 1.61. The summed E-state index contributed by atoms with van der Waals surface area (Å²) in [5.41, 5.74) is 3.40. The molecule has 0 aliphatic rings. The standard InChI is InChI=1S/C23H23Br3ClN3O2/c1-30(2)7-4-8-32-22-17(25)11-15(12-18(22)26)20-13-28-23(27)19(29-20)10-14-5-6-21(31-3)16(24)9-14/h5-6,9,11-13H,4,7-8,10H2,1-3H3. The highest BCUT2D eigenvalue weighted by atomic mass is 79.9. The summed E-state index contributed by atoms with van der Waals surface area (Å²) in [7, 11) is 5.74. The molecule has 0 spiro atoms. The van der Waals surface area contributed by atoms with Gasteiger partial charge in [0.15, 0.2) is 5.15 Å². The number of hydrogen-bond donors (Lipinski definition) is 0. The number of methoxy groups -OCH3 is 1. The SMILES string of the molecule is COc1ccc(Cc2nc(-c3cc(Br)c(OCCCN(C)C)c(Br)c3)cnc2Cl)cc1Br. The van der Waals surface area contributed by atoms with E-state index in [1.54, 1.807) is 13.3 Å². The molecule has 3 rings (SSSR count). The van der Waals surface area contributed by atoms with Gasteiger partial charge in [0.2, 0.25) is 0 Å². The van der Waals surface area contributed by atoms with Gasteiger partial charge in [-0.2, -0.15) is 0 Å². The number of rotatable bonds is 9. The van der Waals surface area contributed by atoms with Gasteiger partial charge in [-0.25, -0.2) is 9.97 Å². The van der Waals surface area contributed by atoms with Crippen LogP contribution in [0.4, 0.5) is 0 Å². The van der Waals surface area contributed by atoms with Gasteiger partial charge in [-0.05, 0) is 98.1 Å². The lowest BCUT2D eigenvalue weighted by atomic mass is 10.1. The largest absolute Gasteiger partial charge is 0.496 e. The smallest absolute Gasteiger partial charge is 0.150 e. The van der Waals surface area contributed by atoms with E-state index in [2.05, 4.69) is 71.8 Å². The molecule has 0 amide bonds. The van der Waals surface area contributed by atoms with Crippen molar-refractivity contribution < 1.29 is 9.47 Å². The van der Waals surface area contributed by atoms with Crippen molar-refractivity contribution in [2.24, 2.45) is 0 Å². The summed E-state index contributed by atoms with van der Waals surface area (Å²) < 4.78 is 13.9. The number of benzene rings is 2. The Bertz CT molecular complexity index is 1070. The predicted octanol–water partition coefficient (Wildman–Crippen LogP) is 7.01. The minimum atomic E-state index is 0.389. The fourth-order valence-corrected chi connectivity index (χ4v) is 5.24. The molecule has 32 heavy (non-hydrogen) atoms. The molecule has 5 nitrogen and oxygen atoms in total. The summed E-state index contributed by atoms with van der Waals surface area (Å²) in [6.07, 6.45) is 3.18. The third kappa shape index (κ3) is 6.67. The molecular formula is C23H23Br3ClN3O2. The van der Waals surface area contributed by atoms with E-state index in [0.29, 0.717) is 23.9 Å². The molecule has 0 unspecified atom stereocenters. The van der Waals surface area contributed by atoms with Crippen molar-refractivity contribution in [1.82, 2.24) is 14.9 Å². The molecule has 170 valence electrons. The quantitative estimate of drug-likeness (QED) is 0.234. The molecular weight excluding hydrogens is 625 g/mol. The fourth-order valence-electron chi connectivity index (χ4n) is 3.08. The summed E-state index contributed by atoms with van der Waals surface area (Å²) in [5, 5.41) is 0.389. The molecule has 1 aromatic heterocycles. The molecule has 0 saturated carbocycles. The molecule has 0 radical (unpaired) electrons. The highest BCUT2D eigenvalue weighted by Crippen LogP contribution is 2.38. The highest BCUT2D eigenvalue weighted by Gasteiger charge is 2.14. The maximum absolute atomic E-state index is 6.36. The van der Waals surface area contributed by atoms with Crippen LogP contribution in [0, 0.1) is 0 Å². The van der Waals surface area contributed by atoms with Crippen LogP contribution in [0.25, 0.3) is 11.3 Å². The molecule has 0 saturated heterocycles. The third-order valence-electron chi connectivity index (χ3n) is 4.67. The molecule has 0 N–H and O–H groups in total. The van der Waals surface area contributed by atoms with Crippen LogP contribution in [0.1, 0.15) is 17.7 Å². The molecule has 0 fully saturated rings. The molecule has 0 bridgehead atoms. The van der Waals surface area contributed by atoms with Crippen LogP contribution in [-0.2, 0) is 6.42 Å². The third-order valence-corrected chi connectivity index (χ3v) is 6.79. The Kier molecular flexibility index (Phi) is 9.37. The zero-order valence-electron chi connectivity index (χ0n) is 18.0. The van der Waals surface area contributed by atoms with Crippen molar-refractivity contribution in [3.8, 4) is 22.8 Å². The molecule has 0 aliphatic carbocycles. The van der Waals surface area contributed by atoms with Gasteiger partial charge in [-0.1, -0.05) is 17.7 Å². The summed E-state index contributed by atoms with van der Waals surface area (Å²) >= 11 is 17.1. The lowest BCUT2D eigenvalue weighted by Gasteiger charge is -2.14. The van der Waals surface area contributed by atoms with E-state index in [0.717, 1.165) is 54.7 Å². The van der Waals surface area contributed by atoms with Crippen LogP contribution in [0.5, 0.6) is 11.5 Å². The van der Waals surface area contributed by atoms with Gasteiger partial charge < -0.3 is 14.4 Å². The average molecular weight is 649 g/mol. The zero-order chi connectivity index (χ0) is 23.3. The van der Waals surface area contributed by atoms with Gasteiger partial charge in [0.05, 0.1) is 44.7 Å². The van der Waals surface area contributed by atoms with Crippen LogP contribution in [0.15, 0.2) is 49.9 Å². The Morgan fingerprint density at radius 3 is 2.38 bits per heavy atom. The molecule has 9 heteroatoms. The van der Waals surface area contributed by atoms with E-state index in [-0.39, 0.29) is 0 Å². The molecule has 2 aromatic carbocycles. The maximum Gasteiger partial charge on any atom is 0.150 e. The number of ether oxygens (including phenoxy) is 2. The van der Waals surface area contributed by atoms with E-state index in [9.17, 15) is 0 Å². The Morgan fingerprint density at radius 2 is 1.75 bits per heavy atom. The zero-order valence-corrected chi connectivity index (χ0v) is 23.5. The lowest BCUT2D eigenvalue weighted by molar-refractivity contribution is 0.279. The molecule has 1 heterocycles. The Hall–Kier alpha value is -1.19. The predicted molar refractivity (Wildman–Crippen MR) is 140 cm³/mol.